The van der Waals surface area contributed by atoms with E-state index >= 15 is 0 Å². The maximum atomic E-state index is 13.9. The Balaban J connectivity index is 1.46. The Morgan fingerprint density at radius 3 is 2.48 bits per heavy atom. The number of halogens is 3. The fourth-order valence-electron chi connectivity index (χ4n) is 2.97. The number of carbonyl (C=O) groups excluding carboxylic acids is 2. The molecule has 1 aliphatic rings. The highest BCUT2D eigenvalue weighted by Gasteiger charge is 2.23. The number of piperazine rings is 1. The lowest BCUT2D eigenvalue weighted by Crippen LogP contribution is -2.50. The van der Waals surface area contributed by atoms with Gasteiger partial charge in [0.15, 0.2) is 6.61 Å². The summed E-state index contributed by atoms with van der Waals surface area (Å²) in [7, 11) is 0. The molecular weight excluding hydrogens is 418 g/mol. The second-order valence-electron chi connectivity index (χ2n) is 6.43. The molecule has 1 fully saturated rings. The topological polar surface area (TPSA) is 49.9 Å². The molecular formula is C21H19Cl2FN2O3. The lowest BCUT2D eigenvalue weighted by atomic mass is 10.2. The van der Waals surface area contributed by atoms with Crippen LogP contribution in [-0.2, 0) is 14.3 Å². The molecule has 1 saturated heterocycles. The Morgan fingerprint density at radius 2 is 1.79 bits per heavy atom. The maximum Gasteiger partial charge on any atom is 0.331 e. The van der Waals surface area contributed by atoms with E-state index in [2.05, 4.69) is 0 Å². The first-order valence-electron chi connectivity index (χ1n) is 9.01. The summed E-state index contributed by atoms with van der Waals surface area (Å²) in [4.78, 5) is 27.6. The van der Waals surface area contributed by atoms with E-state index in [1.807, 2.05) is 4.90 Å². The highest BCUT2D eigenvalue weighted by molar-refractivity contribution is 6.35. The summed E-state index contributed by atoms with van der Waals surface area (Å²) in [6.07, 6.45) is 2.71. The number of carbonyl (C=O) groups is 2. The molecule has 3 rings (SSSR count). The number of benzene rings is 2. The molecule has 152 valence electrons. The van der Waals surface area contributed by atoms with Crippen molar-refractivity contribution in [3.63, 3.8) is 0 Å². The van der Waals surface area contributed by atoms with Crippen molar-refractivity contribution < 1.29 is 18.7 Å². The fourth-order valence-corrected chi connectivity index (χ4v) is 3.44. The molecule has 2 aromatic carbocycles. The van der Waals surface area contributed by atoms with E-state index in [1.165, 1.54) is 18.2 Å². The standard InChI is InChI=1S/C21H19Cl2FN2O3/c22-16-7-5-15(17(23)13-16)6-8-21(28)29-14-20(27)26-11-9-25(10-12-26)19-4-2-1-3-18(19)24/h1-8,13H,9-12,14H2/b8-6+. The van der Waals surface area contributed by atoms with Crippen molar-refractivity contribution in [2.45, 2.75) is 0 Å². The van der Waals surface area contributed by atoms with Gasteiger partial charge in [0.05, 0.1) is 5.69 Å². The van der Waals surface area contributed by atoms with Gasteiger partial charge in [-0.3, -0.25) is 4.79 Å². The predicted octanol–water partition coefficient (Wildman–Crippen LogP) is 4.04. The number of anilines is 1. The Morgan fingerprint density at radius 1 is 1.07 bits per heavy atom. The van der Waals surface area contributed by atoms with Gasteiger partial charge in [0.25, 0.3) is 5.91 Å². The van der Waals surface area contributed by atoms with Crippen LogP contribution in [0.15, 0.2) is 48.5 Å². The Labute approximate surface area is 178 Å². The van der Waals surface area contributed by atoms with Crippen LogP contribution in [0.25, 0.3) is 6.08 Å². The molecule has 1 amide bonds. The van der Waals surface area contributed by atoms with E-state index in [0.717, 1.165) is 0 Å². The molecule has 0 bridgehead atoms. The smallest absolute Gasteiger partial charge is 0.331 e. The largest absolute Gasteiger partial charge is 0.452 e. The number of hydrogen-bond acceptors (Lipinski definition) is 4. The minimum absolute atomic E-state index is 0.284. The average Bonchev–Trinajstić information content (AvgIpc) is 2.72. The summed E-state index contributed by atoms with van der Waals surface area (Å²) in [6.45, 7) is 1.53. The van der Waals surface area contributed by atoms with E-state index in [-0.39, 0.29) is 18.3 Å². The minimum atomic E-state index is -0.644. The molecule has 5 nitrogen and oxygen atoms in total. The molecule has 0 N–H and O–H groups in total. The lowest BCUT2D eigenvalue weighted by Gasteiger charge is -2.36. The van der Waals surface area contributed by atoms with Gasteiger partial charge in [-0.25, -0.2) is 9.18 Å². The van der Waals surface area contributed by atoms with Gasteiger partial charge < -0.3 is 14.5 Å². The van der Waals surface area contributed by atoms with Gasteiger partial charge in [0.2, 0.25) is 0 Å². The second-order valence-corrected chi connectivity index (χ2v) is 7.27. The number of rotatable bonds is 5. The van der Waals surface area contributed by atoms with Crippen molar-refractivity contribution in [3.05, 3.63) is 70.0 Å². The molecule has 0 spiro atoms. The van der Waals surface area contributed by atoms with Crippen LogP contribution in [0.1, 0.15) is 5.56 Å². The third-order valence-electron chi connectivity index (χ3n) is 4.52. The van der Waals surface area contributed by atoms with Crippen LogP contribution in [-0.4, -0.2) is 49.6 Å². The molecule has 1 heterocycles. The summed E-state index contributed by atoms with van der Waals surface area (Å²) in [6, 6.07) is 11.4. The van der Waals surface area contributed by atoms with Crippen LogP contribution >= 0.6 is 23.2 Å². The van der Waals surface area contributed by atoms with Crippen molar-refractivity contribution in [1.82, 2.24) is 4.90 Å². The second kappa shape index (κ2) is 9.76. The molecule has 8 heteroatoms. The van der Waals surface area contributed by atoms with Crippen LogP contribution in [0, 0.1) is 5.82 Å². The van der Waals surface area contributed by atoms with Crippen molar-refractivity contribution in [2.75, 3.05) is 37.7 Å². The highest BCUT2D eigenvalue weighted by Crippen LogP contribution is 2.22. The molecule has 0 unspecified atom stereocenters. The predicted molar refractivity (Wildman–Crippen MR) is 112 cm³/mol. The maximum absolute atomic E-state index is 13.9. The van der Waals surface area contributed by atoms with E-state index in [4.69, 9.17) is 27.9 Å². The Hall–Kier alpha value is -2.57. The molecule has 1 aliphatic heterocycles. The van der Waals surface area contributed by atoms with Crippen LogP contribution in [0.5, 0.6) is 0 Å². The lowest BCUT2D eigenvalue weighted by molar-refractivity contribution is -0.148. The normalized spacial score (nSPS) is 14.3. The van der Waals surface area contributed by atoms with Gasteiger partial charge in [-0.05, 0) is 35.9 Å². The summed E-state index contributed by atoms with van der Waals surface area (Å²) >= 11 is 11.9. The minimum Gasteiger partial charge on any atom is -0.452 e. The number of hydrogen-bond donors (Lipinski definition) is 0. The Kier molecular flexibility index (Phi) is 7.12. The van der Waals surface area contributed by atoms with Crippen molar-refractivity contribution in [2.24, 2.45) is 0 Å². The van der Waals surface area contributed by atoms with E-state index in [1.54, 1.807) is 41.3 Å². The van der Waals surface area contributed by atoms with Crippen molar-refractivity contribution in [1.29, 1.82) is 0 Å². The van der Waals surface area contributed by atoms with Gasteiger partial charge in [-0.1, -0.05) is 41.4 Å². The van der Waals surface area contributed by atoms with Crippen LogP contribution in [0.4, 0.5) is 10.1 Å². The molecule has 2 aromatic rings. The van der Waals surface area contributed by atoms with Crippen molar-refractivity contribution >= 4 is 46.8 Å². The highest BCUT2D eigenvalue weighted by atomic mass is 35.5. The van der Waals surface area contributed by atoms with E-state index < -0.39 is 5.97 Å². The first-order valence-corrected chi connectivity index (χ1v) is 9.77. The zero-order chi connectivity index (χ0) is 20.8. The Bertz CT molecular complexity index is 928. The molecule has 0 saturated carbocycles. The first-order chi connectivity index (χ1) is 13.9. The van der Waals surface area contributed by atoms with E-state index in [0.29, 0.717) is 47.5 Å². The molecule has 0 atom stereocenters. The number of esters is 1. The summed E-state index contributed by atoms with van der Waals surface area (Å²) in [5, 5.41) is 0.903. The third kappa shape index (κ3) is 5.71. The number of nitrogens with zero attached hydrogens (tertiary/aromatic N) is 2. The molecule has 29 heavy (non-hydrogen) atoms. The number of amides is 1. The average molecular weight is 437 g/mol. The summed E-state index contributed by atoms with van der Waals surface area (Å²) in [5.74, 6) is -1.22. The SMILES string of the molecule is O=C(/C=C/c1ccc(Cl)cc1Cl)OCC(=O)N1CCN(c2ccccc2F)CC1. The zero-order valence-electron chi connectivity index (χ0n) is 15.5. The van der Waals surface area contributed by atoms with Crippen LogP contribution in [0.3, 0.4) is 0 Å². The van der Waals surface area contributed by atoms with Gasteiger partial charge in [-0.2, -0.15) is 0 Å². The number of ether oxygens (including phenoxy) is 1. The number of para-hydroxylation sites is 1. The molecule has 0 radical (unpaired) electrons. The first kappa shape index (κ1) is 21.1. The summed E-state index contributed by atoms with van der Waals surface area (Å²) < 4.78 is 18.9. The van der Waals surface area contributed by atoms with Gasteiger partial charge in [0.1, 0.15) is 5.82 Å². The molecule has 0 aliphatic carbocycles. The monoisotopic (exact) mass is 436 g/mol. The third-order valence-corrected chi connectivity index (χ3v) is 5.09. The molecule has 0 aromatic heterocycles. The fraction of sp³-hybridized carbons (Fsp3) is 0.238. The van der Waals surface area contributed by atoms with E-state index in [9.17, 15) is 14.0 Å². The van der Waals surface area contributed by atoms with Gasteiger partial charge in [-0.15, -0.1) is 0 Å². The quantitative estimate of drug-likeness (QED) is 0.524. The summed E-state index contributed by atoms with van der Waals surface area (Å²) in [5.41, 5.74) is 1.14. The van der Waals surface area contributed by atoms with Crippen molar-refractivity contribution in [3.8, 4) is 0 Å². The van der Waals surface area contributed by atoms with Gasteiger partial charge >= 0.3 is 5.97 Å². The van der Waals surface area contributed by atoms with Gasteiger partial charge in [0, 0.05) is 42.3 Å². The zero-order valence-corrected chi connectivity index (χ0v) is 17.0. The van der Waals surface area contributed by atoms with Crippen LogP contribution < -0.4 is 4.90 Å². The van der Waals surface area contributed by atoms with Crippen LogP contribution in [0.2, 0.25) is 10.0 Å².